The summed E-state index contributed by atoms with van der Waals surface area (Å²) in [5, 5.41) is 6.52. The van der Waals surface area contributed by atoms with Crippen LogP contribution in [0.4, 0.5) is 13.2 Å². The van der Waals surface area contributed by atoms with Gasteiger partial charge in [-0.2, -0.15) is 13.2 Å². The number of allylic oxidation sites excluding steroid dienone is 4. The summed E-state index contributed by atoms with van der Waals surface area (Å²) < 4.78 is 46.8. The van der Waals surface area contributed by atoms with Crippen LogP contribution in [0, 0.1) is 6.92 Å². The lowest BCUT2D eigenvalue weighted by Gasteiger charge is -2.19. The van der Waals surface area contributed by atoms with E-state index in [2.05, 4.69) is 47.3 Å². The molecule has 0 amide bonds. The van der Waals surface area contributed by atoms with E-state index in [1.165, 1.54) is 48.8 Å². The van der Waals surface area contributed by atoms with E-state index in [1.54, 1.807) is 0 Å². The molecule has 44 heavy (non-hydrogen) atoms. The molecule has 3 aromatic rings. The molecular weight excluding hydrogens is 573 g/mol. The average Bonchev–Trinajstić information content (AvgIpc) is 3.65. The lowest BCUT2D eigenvalue weighted by molar-refractivity contribution is -0.0689. The maximum atomic E-state index is 14.8. The minimum Gasteiger partial charge on any atom is -0.344 e. The van der Waals surface area contributed by atoms with Crippen LogP contribution < -0.4 is 5.32 Å². The van der Waals surface area contributed by atoms with Crippen molar-refractivity contribution in [3.63, 3.8) is 0 Å². The number of aromatic nitrogens is 1. The summed E-state index contributed by atoms with van der Waals surface area (Å²) in [4.78, 5) is 1.45. The van der Waals surface area contributed by atoms with E-state index in [4.69, 9.17) is 0 Å². The third-order valence-corrected chi connectivity index (χ3v) is 10.1. The highest BCUT2D eigenvalue weighted by molar-refractivity contribution is 7.09. The van der Waals surface area contributed by atoms with Gasteiger partial charge in [-0.3, -0.25) is 0 Å². The molecule has 0 radical (unpaired) electrons. The Bertz CT molecular complexity index is 1390. The number of benzene rings is 1. The SMILES string of the molecule is CCCCc1ccc2c(c(C)c(CC)n2CCCCCCCCCNCCc2cccs2)c1/C(=C\C(C)=C1CC1)C(F)(F)F. The van der Waals surface area contributed by atoms with Crippen molar-refractivity contribution in [2.45, 2.75) is 130 Å². The quantitative estimate of drug-likeness (QED) is 0.131. The van der Waals surface area contributed by atoms with Gasteiger partial charge in [-0.15, -0.1) is 11.3 Å². The maximum absolute atomic E-state index is 14.8. The number of rotatable bonds is 19. The van der Waals surface area contributed by atoms with Crippen LogP contribution in [0.2, 0.25) is 0 Å². The second kappa shape index (κ2) is 16.8. The number of aryl methyl sites for hydroxylation is 3. The monoisotopic (exact) mass is 626 g/mol. The van der Waals surface area contributed by atoms with Crippen LogP contribution >= 0.6 is 11.3 Å². The zero-order valence-electron chi connectivity index (χ0n) is 27.5. The third-order valence-electron chi connectivity index (χ3n) is 9.19. The van der Waals surface area contributed by atoms with Crippen molar-refractivity contribution < 1.29 is 13.2 Å². The minimum absolute atomic E-state index is 0.427. The number of fused-ring (bicyclic) bond motifs is 1. The first-order valence-electron chi connectivity index (χ1n) is 17.1. The fourth-order valence-electron chi connectivity index (χ4n) is 6.59. The molecule has 242 valence electrons. The number of alkyl halides is 3. The van der Waals surface area contributed by atoms with E-state index < -0.39 is 11.7 Å². The number of halogens is 3. The summed E-state index contributed by atoms with van der Waals surface area (Å²) in [6.07, 6.45) is 11.8. The van der Waals surface area contributed by atoms with Crippen LogP contribution in [-0.2, 0) is 25.8 Å². The summed E-state index contributed by atoms with van der Waals surface area (Å²) >= 11 is 1.83. The molecule has 0 atom stereocenters. The van der Waals surface area contributed by atoms with Crippen molar-refractivity contribution in [3.8, 4) is 0 Å². The van der Waals surface area contributed by atoms with E-state index in [1.807, 2.05) is 31.3 Å². The van der Waals surface area contributed by atoms with E-state index in [0.717, 1.165) is 104 Å². The molecule has 1 aliphatic carbocycles. The second-order valence-corrected chi connectivity index (χ2v) is 13.6. The first-order chi connectivity index (χ1) is 21.3. The van der Waals surface area contributed by atoms with Crippen LogP contribution in [0.1, 0.15) is 119 Å². The summed E-state index contributed by atoms with van der Waals surface area (Å²) in [5.41, 5.74) is 5.90. The van der Waals surface area contributed by atoms with Gasteiger partial charge in [0.15, 0.2) is 0 Å². The van der Waals surface area contributed by atoms with Crippen LogP contribution in [-0.4, -0.2) is 23.8 Å². The largest absolute Gasteiger partial charge is 0.417 e. The number of hydrogen-bond acceptors (Lipinski definition) is 2. The van der Waals surface area contributed by atoms with E-state index in [9.17, 15) is 13.2 Å². The van der Waals surface area contributed by atoms with Crippen molar-refractivity contribution in [2.24, 2.45) is 0 Å². The Labute approximate surface area is 267 Å². The van der Waals surface area contributed by atoms with Gasteiger partial charge in [-0.25, -0.2) is 0 Å². The van der Waals surface area contributed by atoms with Gasteiger partial charge in [0.2, 0.25) is 0 Å². The van der Waals surface area contributed by atoms with Gasteiger partial charge in [0, 0.05) is 28.0 Å². The first kappa shape index (κ1) is 34.6. The van der Waals surface area contributed by atoms with Crippen LogP contribution in [0.15, 0.2) is 46.9 Å². The number of nitrogens with one attached hydrogen (secondary N) is 1. The van der Waals surface area contributed by atoms with E-state index in [-0.39, 0.29) is 0 Å². The fourth-order valence-corrected chi connectivity index (χ4v) is 7.30. The van der Waals surface area contributed by atoms with Gasteiger partial charge in [0.1, 0.15) is 0 Å². The Morgan fingerprint density at radius 1 is 0.932 bits per heavy atom. The average molecular weight is 627 g/mol. The highest BCUT2D eigenvalue weighted by Gasteiger charge is 2.38. The molecule has 2 heterocycles. The zero-order valence-corrected chi connectivity index (χ0v) is 28.3. The van der Waals surface area contributed by atoms with Crippen molar-refractivity contribution in [2.75, 3.05) is 13.1 Å². The summed E-state index contributed by atoms with van der Waals surface area (Å²) in [6.45, 7) is 11.1. The van der Waals surface area contributed by atoms with Crippen molar-refractivity contribution >= 4 is 27.8 Å². The lowest BCUT2D eigenvalue weighted by Crippen LogP contribution is -2.18. The van der Waals surface area contributed by atoms with Gasteiger partial charge in [-0.05, 0) is 119 Å². The molecule has 1 saturated carbocycles. The van der Waals surface area contributed by atoms with Gasteiger partial charge in [0.05, 0.1) is 5.57 Å². The number of hydrogen-bond donors (Lipinski definition) is 1. The Morgan fingerprint density at radius 2 is 1.66 bits per heavy atom. The minimum atomic E-state index is -4.41. The molecule has 1 aliphatic rings. The van der Waals surface area contributed by atoms with E-state index >= 15 is 0 Å². The standard InChI is InChI=1S/C38H53F3N2S/c1-5-7-16-31-20-21-35-36(37(31)33(38(39,40)41)27-28(3)30-18-19-30)29(4)34(6-2)43(35)25-14-12-10-8-9-11-13-23-42-24-22-32-17-15-26-44-32/h15,17,20-21,26-27,42H,5-14,16,18-19,22-25H2,1-4H3/b33-27+. The molecule has 1 fully saturated rings. The zero-order chi connectivity index (χ0) is 31.5. The molecule has 0 aliphatic heterocycles. The Morgan fingerprint density at radius 3 is 2.30 bits per heavy atom. The Kier molecular flexibility index (Phi) is 13.2. The highest BCUT2D eigenvalue weighted by atomic mass is 32.1. The van der Waals surface area contributed by atoms with Crippen LogP contribution in [0.5, 0.6) is 0 Å². The molecule has 1 N–H and O–H groups in total. The van der Waals surface area contributed by atoms with Gasteiger partial charge in [-0.1, -0.05) is 75.7 Å². The van der Waals surface area contributed by atoms with Crippen molar-refractivity contribution in [3.05, 3.63) is 74.1 Å². The predicted octanol–water partition coefficient (Wildman–Crippen LogP) is 11.5. The summed E-state index contributed by atoms with van der Waals surface area (Å²) in [6, 6.07) is 8.41. The molecule has 0 saturated heterocycles. The Balaban J connectivity index is 1.40. The molecule has 2 aromatic heterocycles. The number of nitrogens with zero attached hydrogens (tertiary/aromatic N) is 1. The molecule has 0 bridgehead atoms. The smallest absolute Gasteiger partial charge is 0.344 e. The third kappa shape index (κ3) is 9.36. The van der Waals surface area contributed by atoms with Gasteiger partial charge in [0.25, 0.3) is 0 Å². The molecule has 4 rings (SSSR count). The fraction of sp³-hybridized carbons (Fsp3) is 0.579. The Hall–Kier alpha value is -2.31. The molecule has 0 spiro atoms. The number of thiophene rings is 1. The first-order valence-corrected chi connectivity index (χ1v) is 18.0. The maximum Gasteiger partial charge on any atom is 0.417 e. The molecule has 6 heteroatoms. The normalized spacial score (nSPS) is 13.8. The summed E-state index contributed by atoms with van der Waals surface area (Å²) in [7, 11) is 0. The molecule has 2 nitrogen and oxygen atoms in total. The van der Waals surface area contributed by atoms with Crippen LogP contribution in [0.3, 0.4) is 0 Å². The predicted molar refractivity (Wildman–Crippen MR) is 184 cm³/mol. The number of unbranched alkanes of at least 4 members (excludes halogenated alkanes) is 7. The molecular formula is C38H53F3N2S. The second-order valence-electron chi connectivity index (χ2n) is 12.6. The van der Waals surface area contributed by atoms with Gasteiger partial charge >= 0.3 is 6.18 Å². The van der Waals surface area contributed by atoms with E-state index in [0.29, 0.717) is 12.0 Å². The molecule has 0 unspecified atom stereocenters. The van der Waals surface area contributed by atoms with Crippen LogP contribution in [0.25, 0.3) is 16.5 Å². The highest BCUT2D eigenvalue weighted by Crippen LogP contribution is 2.44. The molecule has 1 aromatic carbocycles. The van der Waals surface area contributed by atoms with Gasteiger partial charge < -0.3 is 9.88 Å². The van der Waals surface area contributed by atoms with Crippen molar-refractivity contribution in [1.29, 1.82) is 0 Å². The topological polar surface area (TPSA) is 17.0 Å². The lowest BCUT2D eigenvalue weighted by atomic mass is 9.89. The van der Waals surface area contributed by atoms with Crippen molar-refractivity contribution in [1.82, 2.24) is 9.88 Å². The summed E-state index contributed by atoms with van der Waals surface area (Å²) in [5.74, 6) is 0.